The highest BCUT2D eigenvalue weighted by Crippen LogP contribution is 2.45. The fourth-order valence-electron chi connectivity index (χ4n) is 6.99. The minimum Gasteiger partial charge on any atom is -0.479 e. The third kappa shape index (κ3) is 6.50. The Balaban J connectivity index is 1.18. The van der Waals surface area contributed by atoms with Gasteiger partial charge in [-0.1, -0.05) is 31.2 Å². The zero-order valence-corrected chi connectivity index (χ0v) is 24.4. The van der Waals surface area contributed by atoms with E-state index in [1.807, 2.05) is 6.08 Å². The molecule has 1 unspecified atom stereocenters. The highest BCUT2D eigenvalue weighted by molar-refractivity contribution is 5.76. The second-order valence-electron chi connectivity index (χ2n) is 12.9. The van der Waals surface area contributed by atoms with Crippen LogP contribution in [0.4, 0.5) is 0 Å². The Labute approximate surface area is 241 Å². The number of rotatable bonds is 7. The van der Waals surface area contributed by atoms with Crippen LogP contribution >= 0.6 is 0 Å². The molecule has 0 bridgehead atoms. The summed E-state index contributed by atoms with van der Waals surface area (Å²) in [5.74, 6) is -2.89. The zero-order chi connectivity index (χ0) is 29.6. The largest absolute Gasteiger partial charge is 0.479 e. The Hall–Kier alpha value is -1.63. The molecule has 41 heavy (non-hydrogen) atoms. The maximum atomic E-state index is 11.4. The molecule has 0 aromatic rings. The lowest BCUT2D eigenvalue weighted by molar-refractivity contribution is -0.315. The molecule has 2 spiro atoms. The summed E-state index contributed by atoms with van der Waals surface area (Å²) in [5, 5.41) is 40.0. The first-order chi connectivity index (χ1) is 19.3. The molecular weight excluding hydrogens is 532 g/mol. The van der Waals surface area contributed by atoms with E-state index in [1.165, 1.54) is 6.92 Å². The van der Waals surface area contributed by atoms with Crippen molar-refractivity contribution in [1.82, 2.24) is 0 Å². The number of hydrogen-bond acceptors (Lipinski definition) is 9. The first kappa shape index (κ1) is 30.8. The Bertz CT molecular complexity index is 1050. The van der Waals surface area contributed by atoms with E-state index in [4.69, 9.17) is 23.7 Å². The summed E-state index contributed by atoms with van der Waals surface area (Å²) >= 11 is 0. The van der Waals surface area contributed by atoms with Gasteiger partial charge in [-0.25, -0.2) is 4.79 Å². The van der Waals surface area contributed by atoms with Gasteiger partial charge in [0.25, 0.3) is 0 Å². The van der Waals surface area contributed by atoms with E-state index in [0.717, 1.165) is 24.8 Å². The molecule has 10 heteroatoms. The highest BCUT2D eigenvalue weighted by Gasteiger charge is 2.53. The predicted octanol–water partition coefficient (Wildman–Crippen LogP) is 3.14. The smallest absolute Gasteiger partial charge is 0.335 e. The molecule has 4 fully saturated rings. The molecule has 5 aliphatic heterocycles. The first-order valence-electron chi connectivity index (χ1n) is 15.0. The van der Waals surface area contributed by atoms with Crippen molar-refractivity contribution in [3.05, 3.63) is 36.0 Å². The van der Waals surface area contributed by atoms with E-state index in [2.05, 4.69) is 32.6 Å². The highest BCUT2D eigenvalue weighted by atomic mass is 16.7. The average molecular weight is 579 g/mol. The van der Waals surface area contributed by atoms with Gasteiger partial charge in [0, 0.05) is 31.6 Å². The van der Waals surface area contributed by atoms with Crippen LogP contribution in [0.5, 0.6) is 0 Å². The van der Waals surface area contributed by atoms with Crippen LogP contribution < -0.4 is 0 Å². The molecular formula is C31H46O10. The van der Waals surface area contributed by atoms with E-state index < -0.39 is 47.6 Å². The molecule has 0 aromatic heterocycles. The topological polar surface area (TPSA) is 144 Å². The van der Waals surface area contributed by atoms with E-state index in [0.29, 0.717) is 37.7 Å². The SMILES string of the molecule is C=C1[C@@H](O)[C@@H]2O[C@]3(CC[C@H](/C=C/[C@@H](C)[C@@H]4CC(C)=C[C@]5(CCC[C@@H](CC(C)(O)C(=O)O)O5)O4)O3)CC[C@H]2O[C@@H]1CO. The van der Waals surface area contributed by atoms with Gasteiger partial charge in [-0.3, -0.25) is 0 Å². The number of hydrogen-bond donors (Lipinski definition) is 4. The van der Waals surface area contributed by atoms with Crippen molar-refractivity contribution in [3.63, 3.8) is 0 Å². The lowest BCUT2D eigenvalue weighted by Crippen LogP contribution is -2.58. The summed E-state index contributed by atoms with van der Waals surface area (Å²) < 4.78 is 31.6. The van der Waals surface area contributed by atoms with Gasteiger partial charge < -0.3 is 44.1 Å². The standard InChI is InChI=1S/C31H46O10/c1-18-14-24(40-31(15-18)11-5-6-22(39-31)16-29(4,36)28(34)35)19(2)7-8-21-9-12-30(38-21)13-10-23-27(41-30)26(33)20(3)25(17-32)37-23/h7-8,15,19,21-27,32-33,36H,3,5-6,9-14,16-17H2,1-2,4H3,(H,34,35)/b8-7+/t19-,21+,22+,23-,24+,25-,26-,27-,29?,30-,31+/m1/s1. The number of aliphatic hydroxyl groups excluding tert-OH is 2. The Morgan fingerprint density at radius 3 is 2.68 bits per heavy atom. The number of carboxylic acid groups (broad SMARTS) is 1. The number of carboxylic acids is 1. The normalized spacial score (nSPS) is 43.6. The minimum atomic E-state index is -1.86. The molecule has 5 rings (SSSR count). The van der Waals surface area contributed by atoms with Gasteiger partial charge >= 0.3 is 5.97 Å². The van der Waals surface area contributed by atoms with Crippen molar-refractivity contribution in [1.29, 1.82) is 0 Å². The molecule has 5 aliphatic rings. The molecule has 4 saturated heterocycles. The van der Waals surface area contributed by atoms with Crippen LogP contribution in [0, 0.1) is 5.92 Å². The fraction of sp³-hybridized carbons (Fsp3) is 0.774. The van der Waals surface area contributed by atoms with Crippen molar-refractivity contribution in [2.45, 2.75) is 138 Å². The Morgan fingerprint density at radius 2 is 1.95 bits per heavy atom. The monoisotopic (exact) mass is 578 g/mol. The predicted molar refractivity (Wildman–Crippen MR) is 148 cm³/mol. The average Bonchev–Trinajstić information content (AvgIpc) is 3.31. The lowest BCUT2D eigenvalue weighted by atomic mass is 9.87. The van der Waals surface area contributed by atoms with Crippen LogP contribution in [-0.4, -0.2) is 92.9 Å². The van der Waals surface area contributed by atoms with Gasteiger partial charge in [0.2, 0.25) is 0 Å². The van der Waals surface area contributed by atoms with Crippen LogP contribution in [-0.2, 0) is 28.5 Å². The maximum absolute atomic E-state index is 11.4. The van der Waals surface area contributed by atoms with Crippen molar-refractivity contribution in [2.75, 3.05) is 6.61 Å². The molecule has 10 nitrogen and oxygen atoms in total. The maximum Gasteiger partial charge on any atom is 0.335 e. The number of aliphatic carboxylic acids is 1. The van der Waals surface area contributed by atoms with Crippen molar-refractivity contribution < 1.29 is 48.9 Å². The second-order valence-corrected chi connectivity index (χ2v) is 12.9. The van der Waals surface area contributed by atoms with Crippen LogP contribution in [0.15, 0.2) is 36.0 Å². The van der Waals surface area contributed by atoms with Crippen molar-refractivity contribution in [2.24, 2.45) is 5.92 Å². The summed E-state index contributed by atoms with van der Waals surface area (Å²) in [6, 6.07) is 0. The third-order valence-electron chi connectivity index (χ3n) is 9.37. The molecule has 5 heterocycles. The second kappa shape index (κ2) is 11.8. The zero-order valence-electron chi connectivity index (χ0n) is 24.4. The van der Waals surface area contributed by atoms with E-state index >= 15 is 0 Å². The number of ether oxygens (including phenoxy) is 5. The molecule has 0 aromatic carbocycles. The fourth-order valence-corrected chi connectivity index (χ4v) is 6.99. The minimum absolute atomic E-state index is 0.00415. The first-order valence-corrected chi connectivity index (χ1v) is 15.0. The van der Waals surface area contributed by atoms with E-state index in [1.54, 1.807) is 0 Å². The summed E-state index contributed by atoms with van der Waals surface area (Å²) in [6.45, 7) is 9.15. The molecule has 0 amide bonds. The molecule has 0 aliphatic carbocycles. The van der Waals surface area contributed by atoms with Gasteiger partial charge in [-0.15, -0.1) is 0 Å². The summed E-state index contributed by atoms with van der Waals surface area (Å²) in [6.07, 6.45) is 8.92. The van der Waals surface area contributed by atoms with Crippen molar-refractivity contribution >= 4 is 5.97 Å². The summed E-state index contributed by atoms with van der Waals surface area (Å²) in [4.78, 5) is 11.4. The van der Waals surface area contributed by atoms with Crippen LogP contribution in [0.3, 0.4) is 0 Å². The quantitative estimate of drug-likeness (QED) is 0.333. The number of fused-ring (bicyclic) bond motifs is 1. The van der Waals surface area contributed by atoms with Crippen molar-refractivity contribution in [3.8, 4) is 0 Å². The van der Waals surface area contributed by atoms with Gasteiger partial charge in [0.05, 0.1) is 31.0 Å². The van der Waals surface area contributed by atoms with E-state index in [9.17, 15) is 25.2 Å². The summed E-state index contributed by atoms with van der Waals surface area (Å²) in [5.41, 5.74) is -0.262. The molecule has 11 atom stereocenters. The van der Waals surface area contributed by atoms with Crippen LogP contribution in [0.1, 0.15) is 78.6 Å². The third-order valence-corrected chi connectivity index (χ3v) is 9.37. The molecule has 0 saturated carbocycles. The summed E-state index contributed by atoms with van der Waals surface area (Å²) in [7, 11) is 0. The van der Waals surface area contributed by atoms with E-state index in [-0.39, 0.29) is 37.3 Å². The van der Waals surface area contributed by atoms with Gasteiger partial charge in [0.1, 0.15) is 18.3 Å². The number of carbonyl (C=O) groups is 1. The molecule has 230 valence electrons. The van der Waals surface area contributed by atoms with Gasteiger partial charge in [0.15, 0.2) is 17.2 Å². The van der Waals surface area contributed by atoms with Crippen LogP contribution in [0.2, 0.25) is 0 Å². The number of aliphatic hydroxyl groups is 3. The van der Waals surface area contributed by atoms with Gasteiger partial charge in [-0.05, 0) is 57.6 Å². The Kier molecular flexibility index (Phi) is 8.87. The molecule has 4 N–H and O–H groups in total. The lowest BCUT2D eigenvalue weighted by Gasteiger charge is -2.48. The van der Waals surface area contributed by atoms with Gasteiger partial charge in [-0.2, -0.15) is 0 Å². The molecule has 0 radical (unpaired) electrons. The van der Waals surface area contributed by atoms with Crippen LogP contribution in [0.25, 0.3) is 0 Å². The Morgan fingerprint density at radius 1 is 1.20 bits per heavy atom.